The van der Waals surface area contributed by atoms with Crippen molar-refractivity contribution < 1.29 is 4.79 Å². The minimum absolute atomic E-state index is 0.00138. The average Bonchev–Trinajstić information content (AvgIpc) is 2.66. The summed E-state index contributed by atoms with van der Waals surface area (Å²) in [6, 6.07) is 7.53. The lowest BCUT2D eigenvalue weighted by Crippen LogP contribution is -2.44. The van der Waals surface area contributed by atoms with Gasteiger partial charge in [0.25, 0.3) is 5.56 Å². The highest BCUT2D eigenvalue weighted by Gasteiger charge is 2.28. The maximum Gasteiger partial charge on any atom is 0.262 e. The predicted octanol–water partition coefficient (Wildman–Crippen LogP) is 3.62. The van der Waals surface area contributed by atoms with E-state index in [9.17, 15) is 9.59 Å². The Balaban J connectivity index is 1.74. The molecule has 1 N–H and O–H groups in total. The minimum Gasteiger partial charge on any atom is -0.352 e. The molecule has 0 radical (unpaired) electrons. The molecule has 3 rings (SSSR count). The van der Waals surface area contributed by atoms with Gasteiger partial charge in [0.1, 0.15) is 0 Å². The summed E-state index contributed by atoms with van der Waals surface area (Å²) in [7, 11) is 0. The van der Waals surface area contributed by atoms with E-state index in [1.54, 1.807) is 16.7 Å². The lowest BCUT2D eigenvalue weighted by molar-refractivity contribution is -0.120. The number of rotatable bonds is 6. The van der Waals surface area contributed by atoms with Gasteiger partial charge in [0.05, 0.1) is 16.7 Å². The van der Waals surface area contributed by atoms with Crippen molar-refractivity contribution in [3.63, 3.8) is 0 Å². The summed E-state index contributed by atoms with van der Waals surface area (Å²) in [5.41, 5.74) is 0.554. The lowest BCUT2D eigenvalue weighted by atomic mass is 9.78. The van der Waals surface area contributed by atoms with Crippen LogP contribution in [0.2, 0.25) is 0 Å². The molecule has 1 saturated carbocycles. The Labute approximate surface area is 164 Å². The van der Waals surface area contributed by atoms with Gasteiger partial charge in [-0.2, -0.15) is 0 Å². The number of nitrogens with one attached hydrogen (secondary N) is 1. The van der Waals surface area contributed by atoms with Crippen LogP contribution in [0.4, 0.5) is 0 Å². The Morgan fingerprint density at radius 2 is 2.15 bits per heavy atom. The van der Waals surface area contributed by atoms with Gasteiger partial charge in [-0.3, -0.25) is 14.2 Å². The lowest BCUT2D eigenvalue weighted by Gasteiger charge is -2.34. The van der Waals surface area contributed by atoms with Crippen LogP contribution < -0.4 is 10.9 Å². The number of carbonyl (C=O) groups is 1. The van der Waals surface area contributed by atoms with Gasteiger partial charge in [-0.25, -0.2) is 4.98 Å². The average molecular weight is 386 g/mol. The quantitative estimate of drug-likeness (QED) is 0.469. The molecule has 0 aliphatic heterocycles. The fourth-order valence-electron chi connectivity index (χ4n) is 3.71. The number of amides is 1. The Morgan fingerprint density at radius 3 is 2.93 bits per heavy atom. The van der Waals surface area contributed by atoms with Crippen LogP contribution in [-0.2, 0) is 11.3 Å². The van der Waals surface area contributed by atoms with Crippen LogP contribution in [0.3, 0.4) is 0 Å². The van der Waals surface area contributed by atoms with E-state index in [4.69, 9.17) is 0 Å². The first kappa shape index (κ1) is 19.7. The van der Waals surface area contributed by atoms with Crippen molar-refractivity contribution in [3.8, 4) is 0 Å². The van der Waals surface area contributed by atoms with Crippen LogP contribution in [0.1, 0.15) is 33.1 Å². The summed E-state index contributed by atoms with van der Waals surface area (Å²) in [5.74, 6) is 1.38. The highest BCUT2D eigenvalue weighted by molar-refractivity contribution is 7.99. The third kappa shape index (κ3) is 4.43. The normalized spacial score (nSPS) is 22.5. The summed E-state index contributed by atoms with van der Waals surface area (Å²) in [6.45, 7) is 8.57. The van der Waals surface area contributed by atoms with Crippen LogP contribution in [0.25, 0.3) is 10.9 Å². The van der Waals surface area contributed by atoms with E-state index in [-0.39, 0.29) is 23.3 Å². The molecule has 1 aromatic carbocycles. The van der Waals surface area contributed by atoms with E-state index >= 15 is 0 Å². The molecule has 27 heavy (non-hydrogen) atoms. The van der Waals surface area contributed by atoms with Crippen molar-refractivity contribution in [2.75, 3.05) is 5.75 Å². The van der Waals surface area contributed by atoms with Crippen LogP contribution in [0.15, 0.2) is 46.9 Å². The zero-order valence-corrected chi connectivity index (χ0v) is 16.8. The molecule has 3 atom stereocenters. The molecule has 0 bridgehead atoms. The van der Waals surface area contributed by atoms with Crippen LogP contribution >= 0.6 is 11.8 Å². The van der Waals surface area contributed by atoms with Gasteiger partial charge in [0.2, 0.25) is 5.91 Å². The maximum atomic E-state index is 12.7. The van der Waals surface area contributed by atoms with Crippen LogP contribution in [0, 0.1) is 11.8 Å². The molecule has 144 valence electrons. The molecule has 5 nitrogen and oxygen atoms in total. The molecule has 1 fully saturated rings. The third-order valence-electron chi connectivity index (χ3n) is 5.52. The molecule has 0 saturated heterocycles. The standard InChI is InChI=1S/C21H27N3O2S/c1-4-12-24-20(26)16-9-5-6-10-18(16)23-21(24)27-13-19(25)22-17-11-7-8-14(2)15(17)3/h4-6,9-10,14-15,17H,1,7-8,11-13H2,2-3H3,(H,22,25)/t14-,15-,17+/m1/s1. The number of nitrogens with zero attached hydrogens (tertiary/aromatic N) is 2. The fraction of sp³-hybridized carbons (Fsp3) is 0.476. The zero-order chi connectivity index (χ0) is 19.4. The topological polar surface area (TPSA) is 64.0 Å². The SMILES string of the molecule is C=CCn1c(SCC(=O)N[C@H]2CCC[C@@H](C)[C@H]2C)nc2ccccc2c1=O. The number of carbonyl (C=O) groups excluding carboxylic acids is 1. The van der Waals surface area contributed by atoms with E-state index in [1.165, 1.54) is 18.2 Å². The molecule has 6 heteroatoms. The fourth-order valence-corrected chi connectivity index (χ4v) is 4.53. The van der Waals surface area contributed by atoms with Gasteiger partial charge in [-0.05, 0) is 30.4 Å². The number of allylic oxidation sites excluding steroid dienone is 1. The van der Waals surface area contributed by atoms with Crippen molar-refractivity contribution in [3.05, 3.63) is 47.3 Å². The Kier molecular flexibility index (Phi) is 6.37. The zero-order valence-electron chi connectivity index (χ0n) is 16.0. The first-order chi connectivity index (χ1) is 13.0. The summed E-state index contributed by atoms with van der Waals surface area (Å²) in [4.78, 5) is 29.8. The number of aromatic nitrogens is 2. The number of para-hydroxylation sites is 1. The second-order valence-electron chi connectivity index (χ2n) is 7.35. The van der Waals surface area contributed by atoms with Crippen LogP contribution in [0.5, 0.6) is 0 Å². The number of hydrogen-bond donors (Lipinski definition) is 1. The first-order valence-corrected chi connectivity index (χ1v) is 10.5. The van der Waals surface area contributed by atoms with Gasteiger partial charge in [-0.1, -0.05) is 56.7 Å². The van der Waals surface area contributed by atoms with Gasteiger partial charge < -0.3 is 5.32 Å². The molecule has 0 unspecified atom stereocenters. The first-order valence-electron chi connectivity index (χ1n) is 9.54. The minimum atomic E-state index is -0.0989. The molecule has 1 aliphatic carbocycles. The smallest absolute Gasteiger partial charge is 0.262 e. The van der Waals surface area contributed by atoms with Crippen molar-refractivity contribution in [2.45, 2.75) is 50.9 Å². The van der Waals surface area contributed by atoms with Crippen molar-refractivity contribution in [1.29, 1.82) is 0 Å². The molecule has 2 aromatic rings. The molecular weight excluding hydrogens is 358 g/mol. The summed E-state index contributed by atoms with van der Waals surface area (Å²) in [6.07, 6.45) is 5.11. The highest BCUT2D eigenvalue weighted by atomic mass is 32.2. The van der Waals surface area contributed by atoms with Crippen molar-refractivity contribution in [2.24, 2.45) is 11.8 Å². The molecule has 1 amide bonds. The van der Waals surface area contributed by atoms with E-state index < -0.39 is 0 Å². The van der Waals surface area contributed by atoms with Gasteiger partial charge in [-0.15, -0.1) is 6.58 Å². The molecule has 1 heterocycles. The van der Waals surface area contributed by atoms with E-state index in [0.717, 1.165) is 12.8 Å². The molecular formula is C21H27N3O2S. The molecule has 1 aromatic heterocycles. The number of fused-ring (bicyclic) bond motifs is 1. The number of thioether (sulfide) groups is 1. The summed E-state index contributed by atoms with van der Waals surface area (Å²) >= 11 is 1.31. The maximum absolute atomic E-state index is 12.7. The van der Waals surface area contributed by atoms with E-state index in [0.29, 0.717) is 34.4 Å². The molecule has 0 spiro atoms. The Hall–Kier alpha value is -2.08. The van der Waals surface area contributed by atoms with E-state index in [2.05, 4.69) is 30.7 Å². The second-order valence-corrected chi connectivity index (χ2v) is 8.29. The predicted molar refractivity (Wildman–Crippen MR) is 111 cm³/mol. The highest BCUT2D eigenvalue weighted by Crippen LogP contribution is 2.29. The van der Waals surface area contributed by atoms with Gasteiger partial charge in [0, 0.05) is 12.6 Å². The van der Waals surface area contributed by atoms with E-state index in [1.807, 2.05) is 18.2 Å². The Bertz CT molecular complexity index is 893. The van der Waals surface area contributed by atoms with Crippen molar-refractivity contribution in [1.82, 2.24) is 14.9 Å². The second kappa shape index (κ2) is 8.74. The number of hydrogen-bond acceptors (Lipinski definition) is 4. The van der Waals surface area contributed by atoms with Crippen LogP contribution in [-0.4, -0.2) is 27.3 Å². The molecule has 1 aliphatic rings. The van der Waals surface area contributed by atoms with Gasteiger partial charge in [0.15, 0.2) is 5.16 Å². The largest absolute Gasteiger partial charge is 0.352 e. The summed E-state index contributed by atoms with van der Waals surface area (Å²) in [5, 5.41) is 4.31. The number of benzene rings is 1. The van der Waals surface area contributed by atoms with Gasteiger partial charge >= 0.3 is 0 Å². The monoisotopic (exact) mass is 385 g/mol. The third-order valence-corrected chi connectivity index (χ3v) is 6.50. The van der Waals surface area contributed by atoms with Crippen molar-refractivity contribution >= 4 is 28.6 Å². The Morgan fingerprint density at radius 1 is 1.37 bits per heavy atom. The summed E-state index contributed by atoms with van der Waals surface area (Å²) < 4.78 is 1.58.